The van der Waals surface area contributed by atoms with E-state index in [2.05, 4.69) is 15.0 Å². The Morgan fingerprint density at radius 3 is 2.43 bits per heavy atom. The first-order chi connectivity index (χ1) is 14.4. The highest BCUT2D eigenvalue weighted by Gasteiger charge is 2.18. The van der Waals surface area contributed by atoms with Gasteiger partial charge in [0.15, 0.2) is 5.78 Å². The van der Waals surface area contributed by atoms with Crippen LogP contribution in [-0.4, -0.2) is 20.7 Å². The molecule has 0 atom stereocenters. The summed E-state index contributed by atoms with van der Waals surface area (Å²) in [6.45, 7) is 3.93. The third kappa shape index (κ3) is 4.02. The number of aromatic nitrogens is 3. The molecular weight excluding hydrogens is 404 g/mol. The van der Waals surface area contributed by atoms with E-state index in [1.165, 1.54) is 12.3 Å². The minimum atomic E-state index is -0.880. The SMILES string of the molecule is Cc1csc(-c2ccc(C)c(-c3cnc(CC(=O)c4c(F)cccc4F)cn3)c2)n1. The summed E-state index contributed by atoms with van der Waals surface area (Å²) in [5.74, 6) is -2.44. The van der Waals surface area contributed by atoms with E-state index in [0.717, 1.165) is 39.5 Å². The molecule has 0 bridgehead atoms. The first-order valence-electron chi connectivity index (χ1n) is 9.24. The van der Waals surface area contributed by atoms with Gasteiger partial charge in [-0.15, -0.1) is 11.3 Å². The molecule has 30 heavy (non-hydrogen) atoms. The molecule has 2 aromatic carbocycles. The highest BCUT2D eigenvalue weighted by molar-refractivity contribution is 7.13. The Bertz CT molecular complexity index is 1220. The summed E-state index contributed by atoms with van der Waals surface area (Å²) in [5, 5.41) is 2.93. The summed E-state index contributed by atoms with van der Waals surface area (Å²) in [6.07, 6.45) is 2.80. The highest BCUT2D eigenvalue weighted by Crippen LogP contribution is 2.30. The maximum atomic E-state index is 13.8. The molecule has 2 aromatic heterocycles. The lowest BCUT2D eigenvalue weighted by atomic mass is 10.0. The van der Waals surface area contributed by atoms with Crippen molar-refractivity contribution in [2.24, 2.45) is 0 Å². The van der Waals surface area contributed by atoms with Crippen LogP contribution in [0.2, 0.25) is 0 Å². The summed E-state index contributed by atoms with van der Waals surface area (Å²) in [5.41, 5.74) is 4.34. The van der Waals surface area contributed by atoms with E-state index in [9.17, 15) is 13.6 Å². The summed E-state index contributed by atoms with van der Waals surface area (Å²) in [6, 6.07) is 9.37. The third-order valence-corrected chi connectivity index (χ3v) is 5.68. The second kappa shape index (κ2) is 8.20. The number of thiazole rings is 1. The fourth-order valence-corrected chi connectivity index (χ4v) is 3.91. The first-order valence-corrected chi connectivity index (χ1v) is 10.1. The minimum Gasteiger partial charge on any atom is -0.294 e. The smallest absolute Gasteiger partial charge is 0.174 e. The zero-order valence-corrected chi connectivity index (χ0v) is 17.1. The Kier molecular flexibility index (Phi) is 5.46. The largest absolute Gasteiger partial charge is 0.294 e. The fraction of sp³-hybridized carbons (Fsp3) is 0.130. The van der Waals surface area contributed by atoms with Crippen LogP contribution in [0.4, 0.5) is 8.78 Å². The molecule has 150 valence electrons. The number of hydrogen-bond acceptors (Lipinski definition) is 5. The van der Waals surface area contributed by atoms with Gasteiger partial charge >= 0.3 is 0 Å². The summed E-state index contributed by atoms with van der Waals surface area (Å²) in [4.78, 5) is 25.5. The van der Waals surface area contributed by atoms with Crippen LogP contribution in [0.5, 0.6) is 0 Å². The first kappa shape index (κ1) is 20.0. The van der Waals surface area contributed by atoms with E-state index in [1.807, 2.05) is 37.4 Å². The van der Waals surface area contributed by atoms with E-state index >= 15 is 0 Å². The Labute approximate surface area is 176 Å². The molecule has 4 nitrogen and oxygen atoms in total. The molecule has 0 aliphatic rings. The predicted octanol–water partition coefficient (Wildman–Crippen LogP) is 5.59. The van der Waals surface area contributed by atoms with Crippen LogP contribution in [0.15, 0.2) is 54.2 Å². The second-order valence-corrected chi connectivity index (χ2v) is 7.77. The maximum absolute atomic E-state index is 13.8. The van der Waals surface area contributed by atoms with Gasteiger partial charge in [-0.2, -0.15) is 0 Å². The van der Waals surface area contributed by atoms with E-state index < -0.39 is 23.0 Å². The molecule has 2 heterocycles. The predicted molar refractivity (Wildman–Crippen MR) is 112 cm³/mol. The van der Waals surface area contributed by atoms with Gasteiger partial charge in [-0.3, -0.25) is 14.8 Å². The van der Waals surface area contributed by atoms with Crippen LogP contribution in [-0.2, 0) is 6.42 Å². The number of hydrogen-bond donors (Lipinski definition) is 0. The van der Waals surface area contributed by atoms with Crippen LogP contribution in [0.1, 0.15) is 27.3 Å². The van der Waals surface area contributed by atoms with Crippen LogP contribution in [0.3, 0.4) is 0 Å². The molecule has 0 amide bonds. The number of carbonyl (C=O) groups is 1. The van der Waals surface area contributed by atoms with Crippen LogP contribution in [0, 0.1) is 25.5 Å². The van der Waals surface area contributed by atoms with Gasteiger partial charge in [-0.05, 0) is 37.6 Å². The number of aryl methyl sites for hydroxylation is 2. The van der Waals surface area contributed by atoms with Crippen molar-refractivity contribution in [2.75, 3.05) is 0 Å². The molecule has 0 saturated carbocycles. The number of ketones is 1. The monoisotopic (exact) mass is 421 g/mol. The van der Waals surface area contributed by atoms with Crippen molar-refractivity contribution in [3.8, 4) is 21.8 Å². The van der Waals surface area contributed by atoms with E-state index in [0.29, 0.717) is 11.4 Å². The van der Waals surface area contributed by atoms with Crippen LogP contribution in [0.25, 0.3) is 21.8 Å². The molecule has 0 saturated heterocycles. The van der Waals surface area contributed by atoms with Crippen molar-refractivity contribution in [1.82, 2.24) is 15.0 Å². The Morgan fingerprint density at radius 1 is 1.03 bits per heavy atom. The Balaban J connectivity index is 1.59. The van der Waals surface area contributed by atoms with Crippen molar-refractivity contribution in [1.29, 1.82) is 0 Å². The summed E-state index contributed by atoms with van der Waals surface area (Å²) in [7, 11) is 0. The van der Waals surface area contributed by atoms with Gasteiger partial charge in [0.2, 0.25) is 0 Å². The molecular formula is C23H17F2N3OS. The second-order valence-electron chi connectivity index (χ2n) is 6.91. The van der Waals surface area contributed by atoms with Gasteiger partial charge in [0.25, 0.3) is 0 Å². The summed E-state index contributed by atoms with van der Waals surface area (Å²) >= 11 is 1.58. The number of benzene rings is 2. The van der Waals surface area contributed by atoms with Crippen molar-refractivity contribution in [3.05, 3.63) is 88.3 Å². The van der Waals surface area contributed by atoms with E-state index in [1.54, 1.807) is 17.5 Å². The van der Waals surface area contributed by atoms with Gasteiger partial charge in [-0.25, -0.2) is 13.8 Å². The zero-order chi connectivity index (χ0) is 21.3. The number of Topliss-reactive ketones (excluding diaryl/α,β-unsaturated/α-hetero) is 1. The molecule has 0 radical (unpaired) electrons. The molecule has 0 N–H and O–H groups in total. The molecule has 0 spiro atoms. The van der Waals surface area contributed by atoms with Gasteiger partial charge in [0.1, 0.15) is 16.6 Å². The Hall–Kier alpha value is -3.32. The normalized spacial score (nSPS) is 10.9. The fourth-order valence-electron chi connectivity index (χ4n) is 3.12. The van der Waals surface area contributed by atoms with Crippen LogP contribution < -0.4 is 0 Å². The maximum Gasteiger partial charge on any atom is 0.174 e. The van der Waals surface area contributed by atoms with Crippen molar-refractivity contribution >= 4 is 17.1 Å². The zero-order valence-electron chi connectivity index (χ0n) is 16.3. The number of carbonyl (C=O) groups excluding carboxylic acids is 1. The van der Waals surface area contributed by atoms with Crippen molar-refractivity contribution in [3.63, 3.8) is 0 Å². The van der Waals surface area contributed by atoms with Gasteiger partial charge in [0, 0.05) is 28.4 Å². The van der Waals surface area contributed by atoms with Crippen LogP contribution >= 0.6 is 11.3 Å². The summed E-state index contributed by atoms with van der Waals surface area (Å²) < 4.78 is 27.6. The molecule has 0 fully saturated rings. The molecule has 0 unspecified atom stereocenters. The van der Waals surface area contributed by atoms with E-state index in [4.69, 9.17) is 0 Å². The lowest BCUT2D eigenvalue weighted by Gasteiger charge is -2.08. The highest BCUT2D eigenvalue weighted by atomic mass is 32.1. The lowest BCUT2D eigenvalue weighted by molar-refractivity contribution is 0.0983. The number of rotatable bonds is 5. The van der Waals surface area contributed by atoms with Crippen molar-refractivity contribution < 1.29 is 13.6 Å². The number of nitrogens with zero attached hydrogens (tertiary/aromatic N) is 3. The average molecular weight is 421 g/mol. The molecule has 0 aliphatic carbocycles. The van der Waals surface area contributed by atoms with Gasteiger partial charge in [-0.1, -0.05) is 18.2 Å². The average Bonchev–Trinajstić information content (AvgIpc) is 3.15. The minimum absolute atomic E-state index is 0.234. The topological polar surface area (TPSA) is 55.7 Å². The van der Waals surface area contributed by atoms with Crippen molar-refractivity contribution in [2.45, 2.75) is 20.3 Å². The van der Waals surface area contributed by atoms with E-state index in [-0.39, 0.29) is 6.42 Å². The molecule has 4 rings (SSSR count). The van der Waals surface area contributed by atoms with Gasteiger partial charge in [0.05, 0.1) is 29.6 Å². The number of halogens is 2. The lowest BCUT2D eigenvalue weighted by Crippen LogP contribution is -2.10. The molecule has 7 heteroatoms. The molecule has 0 aliphatic heterocycles. The molecule has 4 aromatic rings. The quantitative estimate of drug-likeness (QED) is 0.394. The Morgan fingerprint density at radius 2 is 1.80 bits per heavy atom. The van der Waals surface area contributed by atoms with Gasteiger partial charge < -0.3 is 0 Å². The standard InChI is InChI=1S/C23H17F2N3OS/c1-13-6-7-15(23-28-14(2)12-30-23)8-17(13)20-11-26-16(10-27-20)9-21(29)22-18(24)4-3-5-19(22)25/h3-8,10-12H,9H2,1-2H3. The third-order valence-electron chi connectivity index (χ3n) is 4.67.